The van der Waals surface area contributed by atoms with Crippen LogP contribution in [0.4, 0.5) is 0 Å². The topological polar surface area (TPSA) is 89.6 Å². The van der Waals surface area contributed by atoms with E-state index in [0.29, 0.717) is 6.42 Å². The molecule has 0 heterocycles. The standard InChI is InChI=1S/C7H13NO4S.Ca.2H/c1-13-3-2-5(8)7(11)12-4-6(9)10;;;/h5H,2-4,8H2,1H3,(H,9,10);;;/t5-;;;/m0.../s1. The number of rotatable bonds is 6. The van der Waals surface area contributed by atoms with Gasteiger partial charge in [0.25, 0.3) is 0 Å². The van der Waals surface area contributed by atoms with E-state index in [0.717, 1.165) is 5.75 Å². The van der Waals surface area contributed by atoms with Crippen molar-refractivity contribution < 1.29 is 19.4 Å². The van der Waals surface area contributed by atoms with Gasteiger partial charge in [-0.05, 0) is 18.4 Å². The molecule has 0 saturated carbocycles. The predicted octanol–water partition coefficient (Wildman–Crippen LogP) is -1.22. The Balaban J connectivity index is 0. The zero-order valence-corrected chi connectivity index (χ0v) is 8.17. The molecule has 0 amide bonds. The maximum atomic E-state index is 10.9. The van der Waals surface area contributed by atoms with Crippen molar-refractivity contribution in [3.8, 4) is 0 Å². The van der Waals surface area contributed by atoms with Gasteiger partial charge in [-0.15, -0.1) is 0 Å². The molecule has 0 radical (unpaired) electrons. The first-order valence-electron chi connectivity index (χ1n) is 3.71. The second-order valence-corrected chi connectivity index (χ2v) is 3.38. The van der Waals surface area contributed by atoms with Gasteiger partial charge < -0.3 is 15.6 Å². The van der Waals surface area contributed by atoms with Crippen molar-refractivity contribution in [2.24, 2.45) is 5.73 Å². The normalized spacial score (nSPS) is 11.3. The molecule has 1 atom stereocenters. The number of carbonyl (C=O) groups excluding carboxylic acids is 1. The summed E-state index contributed by atoms with van der Waals surface area (Å²) in [6.07, 6.45) is 2.40. The van der Waals surface area contributed by atoms with Gasteiger partial charge in [0.1, 0.15) is 6.04 Å². The van der Waals surface area contributed by atoms with Crippen molar-refractivity contribution in [1.29, 1.82) is 0 Å². The van der Waals surface area contributed by atoms with Crippen LogP contribution < -0.4 is 5.73 Å². The number of nitrogens with two attached hydrogens (primary N) is 1. The third kappa shape index (κ3) is 9.08. The molecule has 0 saturated heterocycles. The summed E-state index contributed by atoms with van der Waals surface area (Å²) in [5.41, 5.74) is 5.41. The number of hydrogen-bond donors (Lipinski definition) is 2. The summed E-state index contributed by atoms with van der Waals surface area (Å²) < 4.78 is 4.39. The van der Waals surface area contributed by atoms with E-state index in [9.17, 15) is 9.59 Å². The van der Waals surface area contributed by atoms with Crippen LogP contribution in [0.15, 0.2) is 0 Å². The molecule has 0 aromatic rings. The summed E-state index contributed by atoms with van der Waals surface area (Å²) in [5, 5.41) is 8.20. The molecular weight excluding hydrogens is 234 g/mol. The van der Waals surface area contributed by atoms with E-state index in [1.54, 1.807) is 11.8 Å². The summed E-state index contributed by atoms with van der Waals surface area (Å²) in [6.45, 7) is -0.619. The number of esters is 1. The first-order valence-corrected chi connectivity index (χ1v) is 5.10. The first-order chi connectivity index (χ1) is 6.07. The molecule has 0 spiro atoms. The predicted molar refractivity (Wildman–Crippen MR) is 58.1 cm³/mol. The summed E-state index contributed by atoms with van der Waals surface area (Å²) in [4.78, 5) is 21.0. The van der Waals surface area contributed by atoms with E-state index in [-0.39, 0.29) is 37.7 Å². The van der Waals surface area contributed by atoms with E-state index < -0.39 is 24.6 Å². The van der Waals surface area contributed by atoms with Crippen LogP contribution in [0.25, 0.3) is 0 Å². The second-order valence-electron chi connectivity index (χ2n) is 2.39. The van der Waals surface area contributed by atoms with E-state index >= 15 is 0 Å². The van der Waals surface area contributed by atoms with Gasteiger partial charge in [0.15, 0.2) is 6.61 Å². The van der Waals surface area contributed by atoms with E-state index in [2.05, 4.69) is 4.74 Å². The van der Waals surface area contributed by atoms with Crippen molar-refractivity contribution >= 4 is 61.4 Å². The van der Waals surface area contributed by atoms with Gasteiger partial charge >= 0.3 is 49.7 Å². The van der Waals surface area contributed by atoms with E-state index in [1.165, 1.54) is 0 Å². The number of carboxylic acid groups (broad SMARTS) is 1. The van der Waals surface area contributed by atoms with Gasteiger partial charge in [0.2, 0.25) is 0 Å². The van der Waals surface area contributed by atoms with Crippen LogP contribution in [0.5, 0.6) is 0 Å². The average molecular weight is 249 g/mol. The van der Waals surface area contributed by atoms with E-state index in [1.807, 2.05) is 6.26 Å². The Hall–Kier alpha value is 0.510. The zero-order valence-electron chi connectivity index (χ0n) is 7.36. The molecule has 0 rings (SSSR count). The van der Waals surface area contributed by atoms with Crippen LogP contribution in [0.1, 0.15) is 6.42 Å². The molecule has 0 aliphatic heterocycles. The van der Waals surface area contributed by atoms with Gasteiger partial charge in [-0.25, -0.2) is 4.79 Å². The summed E-state index contributed by atoms with van der Waals surface area (Å²) in [6, 6.07) is -0.716. The van der Waals surface area contributed by atoms with Gasteiger partial charge in [-0.3, -0.25) is 4.79 Å². The molecule has 0 unspecified atom stereocenters. The fraction of sp³-hybridized carbons (Fsp3) is 0.714. The zero-order chi connectivity index (χ0) is 10.3. The molecule has 80 valence electrons. The quantitative estimate of drug-likeness (QED) is 0.453. The minimum atomic E-state index is -1.18. The first kappa shape index (κ1) is 16.9. The summed E-state index contributed by atoms with van der Waals surface area (Å²) >= 11 is 1.57. The number of carbonyl (C=O) groups is 2. The molecule has 0 bridgehead atoms. The molecular formula is C7H15CaNO4S. The van der Waals surface area contributed by atoms with Crippen LogP contribution in [0, 0.1) is 0 Å². The molecule has 0 aliphatic carbocycles. The van der Waals surface area contributed by atoms with E-state index in [4.69, 9.17) is 10.8 Å². The van der Waals surface area contributed by atoms with Crippen molar-refractivity contribution in [1.82, 2.24) is 0 Å². The van der Waals surface area contributed by atoms with Gasteiger partial charge in [0, 0.05) is 0 Å². The molecule has 0 aromatic carbocycles. The van der Waals surface area contributed by atoms with Gasteiger partial charge in [0.05, 0.1) is 0 Å². The number of carboxylic acids is 1. The van der Waals surface area contributed by atoms with Crippen molar-refractivity contribution in [2.45, 2.75) is 12.5 Å². The SMILES string of the molecule is CSCC[C@H](N)C(=O)OCC(=O)O.[CaH2]. The van der Waals surface area contributed by atoms with Crippen LogP contribution in [-0.2, 0) is 14.3 Å². The van der Waals surface area contributed by atoms with Gasteiger partial charge in [-0.2, -0.15) is 11.8 Å². The summed E-state index contributed by atoms with van der Waals surface area (Å²) in [7, 11) is 0. The molecule has 3 N–H and O–H groups in total. The van der Waals surface area contributed by atoms with Crippen LogP contribution >= 0.6 is 11.8 Å². The third-order valence-corrected chi connectivity index (χ3v) is 1.92. The van der Waals surface area contributed by atoms with Crippen LogP contribution in [-0.4, -0.2) is 79.4 Å². The Bertz CT molecular complexity index is 191. The Morgan fingerprint density at radius 2 is 2.14 bits per heavy atom. The maximum absolute atomic E-state index is 10.9. The molecule has 0 aromatic heterocycles. The fourth-order valence-corrected chi connectivity index (χ4v) is 1.09. The Morgan fingerprint density at radius 3 is 2.57 bits per heavy atom. The number of ether oxygens (including phenoxy) is 1. The second kappa shape index (κ2) is 10.0. The Kier molecular flexibility index (Phi) is 12.1. The fourth-order valence-electron chi connectivity index (χ4n) is 0.603. The monoisotopic (exact) mass is 249 g/mol. The van der Waals surface area contributed by atoms with Gasteiger partial charge in [-0.1, -0.05) is 0 Å². The summed E-state index contributed by atoms with van der Waals surface area (Å²) in [5.74, 6) is -1.08. The van der Waals surface area contributed by atoms with Crippen molar-refractivity contribution in [3.63, 3.8) is 0 Å². The Morgan fingerprint density at radius 1 is 1.57 bits per heavy atom. The molecule has 14 heavy (non-hydrogen) atoms. The van der Waals surface area contributed by atoms with Crippen molar-refractivity contribution in [3.05, 3.63) is 0 Å². The minimum absolute atomic E-state index is 0. The molecule has 7 heteroatoms. The molecule has 5 nitrogen and oxygen atoms in total. The average Bonchev–Trinajstić information content (AvgIpc) is 2.10. The van der Waals surface area contributed by atoms with Crippen LogP contribution in [0.3, 0.4) is 0 Å². The van der Waals surface area contributed by atoms with Crippen LogP contribution in [0.2, 0.25) is 0 Å². The number of aliphatic carboxylic acids is 1. The number of thioether (sulfide) groups is 1. The third-order valence-electron chi connectivity index (χ3n) is 1.27. The molecule has 0 fully saturated rings. The number of hydrogen-bond acceptors (Lipinski definition) is 5. The Labute approximate surface area is 117 Å². The van der Waals surface area contributed by atoms with Crippen molar-refractivity contribution in [2.75, 3.05) is 18.6 Å². The molecule has 0 aliphatic rings.